The van der Waals surface area contributed by atoms with Crippen molar-refractivity contribution in [2.24, 2.45) is 0 Å². The number of halogens is 1. The average molecular weight is 328 g/mol. The third-order valence-corrected chi connectivity index (χ3v) is 2.62. The number of ether oxygens (including phenoxy) is 2. The molecule has 0 amide bonds. The van der Waals surface area contributed by atoms with E-state index in [-0.39, 0.29) is 5.60 Å². The van der Waals surface area contributed by atoms with Gasteiger partial charge < -0.3 is 14.5 Å². The summed E-state index contributed by atoms with van der Waals surface area (Å²) in [4.78, 5) is 12.8. The van der Waals surface area contributed by atoms with Crippen molar-refractivity contribution in [2.45, 2.75) is 26.4 Å². The van der Waals surface area contributed by atoms with Crippen molar-refractivity contribution in [2.75, 3.05) is 7.11 Å². The molecule has 0 saturated carbocycles. The Labute approximate surface area is 121 Å². The quantitative estimate of drug-likeness (QED) is 0.851. The van der Waals surface area contributed by atoms with Gasteiger partial charge in [-0.3, -0.25) is 4.79 Å². The van der Waals surface area contributed by atoms with Crippen molar-refractivity contribution in [1.82, 2.24) is 4.98 Å². The fourth-order valence-electron chi connectivity index (χ4n) is 1.35. The van der Waals surface area contributed by atoms with Crippen molar-refractivity contribution < 1.29 is 14.3 Å². The van der Waals surface area contributed by atoms with Gasteiger partial charge in [-0.1, -0.05) is 0 Å². The number of hydrogen-bond donors (Lipinski definition) is 1. The molecular weight excluding hydrogens is 310 g/mol. The van der Waals surface area contributed by atoms with Gasteiger partial charge in [0.05, 0.1) is 11.7 Å². The Morgan fingerprint density at radius 1 is 1.26 bits per heavy atom. The molecule has 0 bridgehead atoms. The van der Waals surface area contributed by atoms with E-state index < -0.39 is 0 Å². The van der Waals surface area contributed by atoms with E-state index in [2.05, 4.69) is 25.7 Å². The van der Waals surface area contributed by atoms with E-state index in [9.17, 15) is 4.79 Å². The van der Waals surface area contributed by atoms with Gasteiger partial charge in [0, 0.05) is 10.9 Å². The van der Waals surface area contributed by atoms with E-state index in [1.165, 1.54) is 0 Å². The van der Waals surface area contributed by atoms with Gasteiger partial charge in [-0.15, -0.1) is 0 Å². The largest absolute Gasteiger partial charge is 0.497 e. The van der Waals surface area contributed by atoms with Crippen LogP contribution in [0.3, 0.4) is 0 Å². The van der Waals surface area contributed by atoms with Crippen molar-refractivity contribution in [3.05, 3.63) is 28.9 Å². The highest BCUT2D eigenvalue weighted by Gasteiger charge is 2.07. The molecule has 0 atom stereocenters. The summed E-state index contributed by atoms with van der Waals surface area (Å²) in [6.45, 7) is 5.92. The fourth-order valence-corrected chi connectivity index (χ4v) is 1.81. The number of methoxy groups -OCH3 is 1. The molecule has 1 aromatic carbocycles. The molecule has 0 fully saturated rings. The summed E-state index contributed by atoms with van der Waals surface area (Å²) in [5, 5.41) is 1.15. The lowest BCUT2D eigenvalue weighted by molar-refractivity contribution is -0.138. The van der Waals surface area contributed by atoms with E-state index in [0.29, 0.717) is 6.47 Å². The van der Waals surface area contributed by atoms with Crippen molar-refractivity contribution in [3.8, 4) is 5.75 Å². The van der Waals surface area contributed by atoms with Crippen LogP contribution in [0.15, 0.2) is 28.9 Å². The monoisotopic (exact) mass is 327 g/mol. The second kappa shape index (κ2) is 6.61. The Morgan fingerprint density at radius 3 is 2.42 bits per heavy atom. The zero-order chi connectivity index (χ0) is 14.5. The minimum Gasteiger partial charge on any atom is -0.497 e. The lowest BCUT2D eigenvalue weighted by Gasteiger charge is -2.14. The van der Waals surface area contributed by atoms with Crippen LogP contribution in [-0.4, -0.2) is 24.2 Å². The molecule has 0 radical (unpaired) electrons. The SMILES string of the molecule is CC(C)(C)OC=O.COc1ccc2[nH]c(Br)cc2c1. The molecule has 0 saturated heterocycles. The number of fused-ring (bicyclic) bond motifs is 1. The Kier molecular flexibility index (Phi) is 5.42. The molecule has 0 aliphatic carbocycles. The first-order chi connectivity index (χ1) is 8.85. The van der Waals surface area contributed by atoms with E-state index in [4.69, 9.17) is 4.74 Å². The molecule has 2 aromatic rings. The van der Waals surface area contributed by atoms with Crippen LogP contribution in [0.4, 0.5) is 0 Å². The predicted octanol–water partition coefficient (Wildman–Crippen LogP) is 3.90. The summed E-state index contributed by atoms with van der Waals surface area (Å²) in [5.41, 5.74) is 0.796. The summed E-state index contributed by atoms with van der Waals surface area (Å²) >= 11 is 3.37. The zero-order valence-electron chi connectivity index (χ0n) is 11.5. The molecule has 0 aliphatic heterocycles. The van der Waals surface area contributed by atoms with Crippen LogP contribution in [0.5, 0.6) is 5.75 Å². The van der Waals surface area contributed by atoms with Crippen molar-refractivity contribution >= 4 is 33.3 Å². The number of aromatic nitrogens is 1. The van der Waals surface area contributed by atoms with Gasteiger partial charge in [-0.05, 0) is 61.0 Å². The Bertz CT molecular complexity index is 543. The molecule has 1 N–H and O–H groups in total. The van der Waals surface area contributed by atoms with Crippen molar-refractivity contribution in [3.63, 3.8) is 0 Å². The first-order valence-electron chi connectivity index (χ1n) is 5.79. The minimum absolute atomic E-state index is 0.318. The smallest absolute Gasteiger partial charge is 0.293 e. The van der Waals surface area contributed by atoms with Gasteiger partial charge in [-0.25, -0.2) is 0 Å². The molecule has 4 nitrogen and oxygen atoms in total. The van der Waals surface area contributed by atoms with Crippen molar-refractivity contribution in [1.29, 1.82) is 0 Å². The lowest BCUT2D eigenvalue weighted by Crippen LogP contribution is -2.17. The highest BCUT2D eigenvalue weighted by molar-refractivity contribution is 9.10. The Hall–Kier alpha value is -1.49. The second-order valence-electron chi connectivity index (χ2n) is 4.90. The number of nitrogens with one attached hydrogen (secondary N) is 1. The topological polar surface area (TPSA) is 51.3 Å². The maximum Gasteiger partial charge on any atom is 0.293 e. The minimum atomic E-state index is -0.318. The Morgan fingerprint density at radius 2 is 1.95 bits per heavy atom. The third kappa shape index (κ3) is 5.34. The van der Waals surface area contributed by atoms with Crippen LogP contribution in [0, 0.1) is 0 Å². The molecule has 0 aliphatic rings. The first-order valence-corrected chi connectivity index (χ1v) is 6.59. The maximum absolute atomic E-state index is 9.60. The molecule has 0 unspecified atom stereocenters. The average Bonchev–Trinajstić information content (AvgIpc) is 2.67. The van der Waals surface area contributed by atoms with Crippen LogP contribution in [0.2, 0.25) is 0 Å². The summed E-state index contributed by atoms with van der Waals surface area (Å²) < 4.78 is 10.6. The number of rotatable bonds is 2. The molecule has 1 heterocycles. The molecule has 104 valence electrons. The van der Waals surface area contributed by atoms with Crippen LogP contribution >= 0.6 is 15.9 Å². The molecule has 19 heavy (non-hydrogen) atoms. The fraction of sp³-hybridized carbons (Fsp3) is 0.357. The normalized spacial score (nSPS) is 10.6. The van der Waals surface area contributed by atoms with Gasteiger partial charge in [0.2, 0.25) is 0 Å². The highest BCUT2D eigenvalue weighted by atomic mass is 79.9. The molecule has 1 aromatic heterocycles. The first kappa shape index (κ1) is 15.6. The number of carbonyl (C=O) groups is 1. The van der Waals surface area contributed by atoms with Crippen LogP contribution in [0.1, 0.15) is 20.8 Å². The lowest BCUT2D eigenvalue weighted by atomic mass is 10.2. The number of hydrogen-bond acceptors (Lipinski definition) is 3. The molecule has 0 spiro atoms. The Balaban J connectivity index is 0.000000224. The standard InChI is InChI=1S/C9H8BrNO.C5H10O2/c1-12-7-2-3-8-6(4-7)5-9(10)11-8;1-5(2,3)7-4-6/h2-5,11H,1H3;4H,1-3H3. The van der Waals surface area contributed by atoms with E-state index in [0.717, 1.165) is 21.3 Å². The zero-order valence-corrected chi connectivity index (χ0v) is 13.1. The van der Waals surface area contributed by atoms with Crippen LogP contribution in [0.25, 0.3) is 10.9 Å². The van der Waals surface area contributed by atoms with Gasteiger partial charge in [0.25, 0.3) is 6.47 Å². The predicted molar refractivity (Wildman–Crippen MR) is 79.5 cm³/mol. The number of aromatic amines is 1. The number of benzene rings is 1. The van der Waals surface area contributed by atoms with Crippen LogP contribution in [-0.2, 0) is 9.53 Å². The molecule has 5 heteroatoms. The second-order valence-corrected chi connectivity index (χ2v) is 5.75. The maximum atomic E-state index is 9.60. The number of H-pyrrole nitrogens is 1. The van der Waals surface area contributed by atoms with Gasteiger partial charge in [0.15, 0.2) is 0 Å². The number of carbonyl (C=O) groups excluding carboxylic acids is 1. The molecule has 2 rings (SSSR count). The van der Waals surface area contributed by atoms with E-state index in [1.807, 2.05) is 45.0 Å². The van der Waals surface area contributed by atoms with Gasteiger partial charge >= 0.3 is 0 Å². The molecular formula is C14H18BrNO3. The summed E-state index contributed by atoms with van der Waals surface area (Å²) in [6.07, 6.45) is 0. The van der Waals surface area contributed by atoms with Gasteiger partial charge in [-0.2, -0.15) is 0 Å². The van der Waals surface area contributed by atoms with E-state index >= 15 is 0 Å². The third-order valence-electron chi connectivity index (χ3n) is 2.20. The summed E-state index contributed by atoms with van der Waals surface area (Å²) in [5.74, 6) is 0.883. The summed E-state index contributed by atoms with van der Waals surface area (Å²) in [6, 6.07) is 7.96. The summed E-state index contributed by atoms with van der Waals surface area (Å²) in [7, 11) is 1.67. The highest BCUT2D eigenvalue weighted by Crippen LogP contribution is 2.23. The van der Waals surface area contributed by atoms with Gasteiger partial charge in [0.1, 0.15) is 11.4 Å². The van der Waals surface area contributed by atoms with E-state index in [1.54, 1.807) is 7.11 Å². The van der Waals surface area contributed by atoms with Crippen LogP contribution < -0.4 is 4.74 Å².